The Balaban J connectivity index is 2.61. The largest absolute Gasteiger partial charge is 0.355 e. The van der Waals surface area contributed by atoms with Crippen molar-refractivity contribution in [1.82, 2.24) is 10.2 Å². The summed E-state index contributed by atoms with van der Waals surface area (Å²) in [7, 11) is 1.61. The first-order valence-corrected chi connectivity index (χ1v) is 6.48. The molecule has 1 heterocycles. The van der Waals surface area contributed by atoms with E-state index in [0.29, 0.717) is 11.4 Å². The number of hydrogen-bond donors (Lipinski definition) is 1. The zero-order valence-electron chi connectivity index (χ0n) is 9.12. The minimum Gasteiger partial charge on any atom is -0.355 e. The second-order valence-electron chi connectivity index (χ2n) is 3.21. The van der Waals surface area contributed by atoms with Gasteiger partial charge in [0.05, 0.1) is 6.54 Å². The van der Waals surface area contributed by atoms with Gasteiger partial charge in [0.1, 0.15) is 4.88 Å². The number of nitrogens with one attached hydrogen (secondary N) is 1. The minimum atomic E-state index is -0.147. The fourth-order valence-corrected chi connectivity index (χ4v) is 2.69. The molecule has 16 heavy (non-hydrogen) atoms. The average molecular weight is 305 g/mol. The van der Waals surface area contributed by atoms with Gasteiger partial charge in [-0.05, 0) is 34.3 Å². The van der Waals surface area contributed by atoms with Crippen LogP contribution >= 0.6 is 27.3 Å². The third-order valence-corrected chi connectivity index (χ3v) is 3.74. The number of carbonyl (C=O) groups excluding carboxylic acids is 2. The first kappa shape index (κ1) is 13.2. The van der Waals surface area contributed by atoms with Crippen LogP contribution in [-0.2, 0) is 4.79 Å². The first-order chi connectivity index (χ1) is 7.56. The van der Waals surface area contributed by atoms with Crippen molar-refractivity contribution in [2.75, 3.05) is 20.1 Å². The maximum atomic E-state index is 11.9. The molecule has 1 N–H and O–H groups in total. The van der Waals surface area contributed by atoms with Gasteiger partial charge in [-0.3, -0.25) is 9.59 Å². The molecule has 0 fully saturated rings. The van der Waals surface area contributed by atoms with Crippen LogP contribution in [0.2, 0.25) is 0 Å². The molecule has 1 aromatic heterocycles. The monoisotopic (exact) mass is 304 g/mol. The van der Waals surface area contributed by atoms with Crippen LogP contribution in [0.5, 0.6) is 0 Å². The van der Waals surface area contributed by atoms with Crippen molar-refractivity contribution in [3.05, 3.63) is 20.8 Å². The van der Waals surface area contributed by atoms with E-state index in [0.717, 1.165) is 4.47 Å². The highest BCUT2D eigenvalue weighted by Gasteiger charge is 2.17. The molecule has 0 saturated carbocycles. The Morgan fingerprint density at radius 1 is 1.56 bits per heavy atom. The van der Waals surface area contributed by atoms with Crippen molar-refractivity contribution < 1.29 is 9.59 Å². The lowest BCUT2D eigenvalue weighted by molar-refractivity contribution is -0.121. The van der Waals surface area contributed by atoms with Crippen LogP contribution in [0.15, 0.2) is 15.9 Å². The zero-order chi connectivity index (χ0) is 12.1. The smallest absolute Gasteiger partial charge is 0.265 e. The van der Waals surface area contributed by atoms with E-state index in [1.807, 2.05) is 18.4 Å². The fraction of sp³-hybridized carbons (Fsp3) is 0.400. The van der Waals surface area contributed by atoms with Crippen LogP contribution in [0.4, 0.5) is 0 Å². The normalized spacial score (nSPS) is 9.94. The highest BCUT2D eigenvalue weighted by atomic mass is 79.9. The van der Waals surface area contributed by atoms with Crippen molar-refractivity contribution in [3.63, 3.8) is 0 Å². The number of halogens is 1. The third-order valence-electron chi connectivity index (χ3n) is 1.91. The summed E-state index contributed by atoms with van der Waals surface area (Å²) in [6.07, 6.45) is 0. The lowest BCUT2D eigenvalue weighted by Gasteiger charge is -2.15. The summed E-state index contributed by atoms with van der Waals surface area (Å²) < 4.78 is 0.769. The summed E-state index contributed by atoms with van der Waals surface area (Å²) in [5, 5.41) is 4.48. The molecule has 2 amide bonds. The third kappa shape index (κ3) is 3.31. The van der Waals surface area contributed by atoms with E-state index in [4.69, 9.17) is 0 Å². The topological polar surface area (TPSA) is 49.4 Å². The molecule has 0 aliphatic rings. The molecular formula is C10H13BrN2O2S. The van der Waals surface area contributed by atoms with Crippen LogP contribution < -0.4 is 5.32 Å². The van der Waals surface area contributed by atoms with E-state index in [1.54, 1.807) is 7.05 Å². The van der Waals surface area contributed by atoms with Crippen molar-refractivity contribution >= 4 is 39.1 Å². The number of amides is 2. The molecule has 0 spiro atoms. The molecule has 0 bridgehead atoms. The second-order valence-corrected chi connectivity index (χ2v) is 4.98. The molecule has 0 unspecified atom stereocenters. The molecule has 6 heteroatoms. The van der Waals surface area contributed by atoms with Gasteiger partial charge in [-0.2, -0.15) is 0 Å². The van der Waals surface area contributed by atoms with Crippen molar-refractivity contribution in [3.8, 4) is 0 Å². The van der Waals surface area contributed by atoms with Crippen LogP contribution in [0.25, 0.3) is 0 Å². The van der Waals surface area contributed by atoms with Crippen LogP contribution in [-0.4, -0.2) is 36.9 Å². The molecule has 1 rings (SSSR count). The Morgan fingerprint density at radius 2 is 2.25 bits per heavy atom. The first-order valence-electron chi connectivity index (χ1n) is 4.81. The molecule has 0 aliphatic carbocycles. The highest BCUT2D eigenvalue weighted by Crippen LogP contribution is 2.23. The number of likely N-dealkylation sites (N-methyl/N-ethyl adjacent to an activating group) is 2. The Kier molecular flexibility index (Phi) is 4.95. The molecule has 0 radical (unpaired) electrons. The van der Waals surface area contributed by atoms with Crippen molar-refractivity contribution in [1.29, 1.82) is 0 Å². The number of rotatable bonds is 4. The van der Waals surface area contributed by atoms with Gasteiger partial charge in [-0.1, -0.05) is 0 Å². The average Bonchev–Trinajstić information content (AvgIpc) is 2.63. The Hall–Kier alpha value is -0.880. The standard InChI is InChI=1S/C10H13BrN2O2S/c1-3-12-8(14)6-13(2)10(15)9-7(11)4-5-16-9/h4-5H,3,6H2,1-2H3,(H,12,14). The molecule has 0 saturated heterocycles. The number of carbonyl (C=O) groups is 2. The molecular weight excluding hydrogens is 292 g/mol. The van der Waals surface area contributed by atoms with Crippen molar-refractivity contribution in [2.24, 2.45) is 0 Å². The maximum Gasteiger partial charge on any atom is 0.265 e. The predicted octanol–water partition coefficient (Wildman–Crippen LogP) is 1.72. The zero-order valence-corrected chi connectivity index (χ0v) is 11.5. The quantitative estimate of drug-likeness (QED) is 0.921. The van der Waals surface area contributed by atoms with Crippen molar-refractivity contribution in [2.45, 2.75) is 6.92 Å². The van der Waals surface area contributed by atoms with Gasteiger partial charge in [-0.25, -0.2) is 0 Å². The number of hydrogen-bond acceptors (Lipinski definition) is 3. The van der Waals surface area contributed by atoms with E-state index in [1.165, 1.54) is 16.2 Å². The molecule has 4 nitrogen and oxygen atoms in total. The van der Waals surface area contributed by atoms with E-state index >= 15 is 0 Å². The summed E-state index contributed by atoms with van der Waals surface area (Å²) in [6, 6.07) is 1.82. The number of nitrogens with zero attached hydrogens (tertiary/aromatic N) is 1. The van der Waals surface area contributed by atoms with Gasteiger partial charge in [0, 0.05) is 18.1 Å². The lowest BCUT2D eigenvalue weighted by Crippen LogP contribution is -2.38. The van der Waals surface area contributed by atoms with Gasteiger partial charge in [-0.15, -0.1) is 11.3 Å². The summed E-state index contributed by atoms with van der Waals surface area (Å²) in [4.78, 5) is 25.2. The van der Waals surface area contributed by atoms with Gasteiger partial charge in [0.2, 0.25) is 5.91 Å². The van der Waals surface area contributed by atoms with E-state index in [9.17, 15) is 9.59 Å². The van der Waals surface area contributed by atoms with Crippen LogP contribution in [0.3, 0.4) is 0 Å². The number of thiophene rings is 1. The predicted molar refractivity (Wildman–Crippen MR) is 67.7 cm³/mol. The highest BCUT2D eigenvalue weighted by molar-refractivity contribution is 9.10. The molecule has 88 valence electrons. The van der Waals surface area contributed by atoms with Gasteiger partial charge < -0.3 is 10.2 Å². The SMILES string of the molecule is CCNC(=O)CN(C)C(=O)c1sccc1Br. The van der Waals surface area contributed by atoms with Crippen LogP contribution in [0, 0.1) is 0 Å². The molecule has 1 aromatic rings. The minimum absolute atomic E-state index is 0.0804. The molecule has 0 aliphatic heterocycles. The Labute approximate surface area is 107 Å². The van der Waals surface area contributed by atoms with E-state index in [-0.39, 0.29) is 18.4 Å². The Bertz CT molecular complexity index is 392. The van der Waals surface area contributed by atoms with E-state index < -0.39 is 0 Å². The summed E-state index contributed by atoms with van der Waals surface area (Å²) >= 11 is 4.65. The van der Waals surface area contributed by atoms with E-state index in [2.05, 4.69) is 21.2 Å². The van der Waals surface area contributed by atoms with Crippen LogP contribution in [0.1, 0.15) is 16.6 Å². The summed E-state index contributed by atoms with van der Waals surface area (Å²) in [5.41, 5.74) is 0. The molecule has 0 aromatic carbocycles. The lowest BCUT2D eigenvalue weighted by atomic mass is 10.4. The maximum absolute atomic E-state index is 11.9. The Morgan fingerprint density at radius 3 is 2.75 bits per heavy atom. The molecule has 0 atom stereocenters. The second kappa shape index (κ2) is 6.00. The fourth-order valence-electron chi connectivity index (χ4n) is 1.16. The van der Waals surface area contributed by atoms with Gasteiger partial charge in [0.15, 0.2) is 0 Å². The van der Waals surface area contributed by atoms with Gasteiger partial charge >= 0.3 is 0 Å². The summed E-state index contributed by atoms with van der Waals surface area (Å²) in [5.74, 6) is -0.292. The van der Waals surface area contributed by atoms with Gasteiger partial charge in [0.25, 0.3) is 5.91 Å². The summed E-state index contributed by atoms with van der Waals surface area (Å²) in [6.45, 7) is 2.50.